The second kappa shape index (κ2) is 2.64. The number of hydrogen-bond acceptors (Lipinski definition) is 1. The molecule has 1 aliphatic rings. The molecule has 1 atom stereocenters. The van der Waals surface area contributed by atoms with Crippen LogP contribution in [-0.4, -0.2) is 4.57 Å². The fourth-order valence-electron chi connectivity index (χ4n) is 1.95. The summed E-state index contributed by atoms with van der Waals surface area (Å²) in [6.07, 6.45) is 2.22. The largest absolute Gasteiger partial charge is 0.482 e. The monoisotopic (exact) mass is 185 g/mol. The average molecular weight is 185 g/mol. The summed E-state index contributed by atoms with van der Waals surface area (Å²) in [7, 11) is 0. The first-order chi connectivity index (χ1) is 6.86. The minimum absolute atomic E-state index is 0.139. The van der Waals surface area contributed by atoms with Gasteiger partial charge in [0.15, 0.2) is 0 Å². The average Bonchev–Trinajstić information content (AvgIpc) is 2.67. The van der Waals surface area contributed by atoms with E-state index in [9.17, 15) is 0 Å². The van der Waals surface area contributed by atoms with Gasteiger partial charge < -0.3 is 9.30 Å². The Kier molecular flexibility index (Phi) is 1.45. The normalized spacial score (nSPS) is 18.2. The van der Waals surface area contributed by atoms with Crippen LogP contribution in [0.4, 0.5) is 0 Å². The van der Waals surface area contributed by atoms with Crippen molar-refractivity contribution >= 4 is 0 Å². The van der Waals surface area contributed by atoms with E-state index in [1.54, 1.807) is 0 Å². The first-order valence-electron chi connectivity index (χ1n) is 4.79. The summed E-state index contributed by atoms with van der Waals surface area (Å²) in [4.78, 5) is 0. The molecule has 1 unspecified atom stereocenters. The van der Waals surface area contributed by atoms with Crippen molar-refractivity contribution in [2.24, 2.45) is 0 Å². The molecule has 3 rings (SSSR count). The van der Waals surface area contributed by atoms with Gasteiger partial charge in [0.25, 0.3) is 0 Å². The van der Waals surface area contributed by atoms with Gasteiger partial charge in [-0.1, -0.05) is 12.1 Å². The van der Waals surface area contributed by atoms with Crippen molar-refractivity contribution in [3.63, 3.8) is 0 Å². The van der Waals surface area contributed by atoms with Gasteiger partial charge in [-0.25, -0.2) is 0 Å². The van der Waals surface area contributed by atoms with Crippen LogP contribution in [0.5, 0.6) is 5.75 Å². The molecule has 70 valence electrons. The van der Waals surface area contributed by atoms with Crippen molar-refractivity contribution in [1.29, 1.82) is 0 Å². The lowest BCUT2D eigenvalue weighted by Crippen LogP contribution is -2.15. The van der Waals surface area contributed by atoms with Crippen molar-refractivity contribution in [1.82, 2.24) is 4.57 Å². The molecule has 0 fully saturated rings. The molecule has 0 spiro atoms. The zero-order valence-electron chi connectivity index (χ0n) is 7.97. The third kappa shape index (κ3) is 0.909. The van der Waals surface area contributed by atoms with Crippen molar-refractivity contribution in [3.8, 4) is 11.4 Å². The third-order valence-electron chi connectivity index (χ3n) is 2.63. The van der Waals surface area contributed by atoms with Crippen LogP contribution in [0.1, 0.15) is 18.7 Å². The zero-order valence-corrected chi connectivity index (χ0v) is 7.97. The van der Waals surface area contributed by atoms with Crippen molar-refractivity contribution in [2.45, 2.75) is 13.0 Å². The first-order valence-corrected chi connectivity index (χ1v) is 4.79. The topological polar surface area (TPSA) is 14.2 Å². The minimum Gasteiger partial charge on any atom is -0.482 e. The van der Waals surface area contributed by atoms with Crippen molar-refractivity contribution in [2.75, 3.05) is 0 Å². The number of hydrogen-bond donors (Lipinski definition) is 0. The van der Waals surface area contributed by atoms with Gasteiger partial charge in [-0.15, -0.1) is 0 Å². The summed E-state index contributed by atoms with van der Waals surface area (Å²) in [6.45, 7) is 2.07. The number of benzene rings is 1. The Morgan fingerprint density at radius 1 is 1.14 bits per heavy atom. The Morgan fingerprint density at radius 3 is 2.93 bits per heavy atom. The summed E-state index contributed by atoms with van der Waals surface area (Å²) < 4.78 is 7.98. The number of nitrogens with zero attached hydrogens (tertiary/aromatic N) is 1. The standard InChI is InChI=1S/C12H11NO/c1-9-10-6-4-8-13(10)11-5-2-3-7-12(11)14-9/h2-9H,1H3. The fourth-order valence-corrected chi connectivity index (χ4v) is 1.95. The molecule has 0 saturated carbocycles. The van der Waals surface area contributed by atoms with E-state index in [2.05, 4.69) is 35.9 Å². The van der Waals surface area contributed by atoms with Crippen LogP contribution in [0, 0.1) is 0 Å². The lowest BCUT2D eigenvalue weighted by molar-refractivity contribution is 0.208. The van der Waals surface area contributed by atoms with Gasteiger partial charge in [0.05, 0.1) is 11.4 Å². The Hall–Kier alpha value is -1.70. The number of rotatable bonds is 0. The van der Waals surface area contributed by atoms with Gasteiger partial charge in [-0.3, -0.25) is 0 Å². The minimum atomic E-state index is 0.139. The number of ether oxygens (including phenoxy) is 1. The summed E-state index contributed by atoms with van der Waals surface area (Å²) in [5.41, 5.74) is 2.34. The van der Waals surface area contributed by atoms with Gasteiger partial charge in [0, 0.05) is 6.20 Å². The predicted molar refractivity (Wildman–Crippen MR) is 54.8 cm³/mol. The Balaban J connectivity index is 2.29. The Labute approximate surface area is 82.7 Å². The highest BCUT2D eigenvalue weighted by molar-refractivity contribution is 5.50. The Morgan fingerprint density at radius 2 is 2.00 bits per heavy atom. The highest BCUT2D eigenvalue weighted by Crippen LogP contribution is 2.34. The summed E-state index contributed by atoms with van der Waals surface area (Å²) in [5.74, 6) is 0.962. The lowest BCUT2D eigenvalue weighted by Gasteiger charge is -2.25. The molecule has 0 N–H and O–H groups in total. The number of para-hydroxylation sites is 2. The second-order valence-corrected chi connectivity index (χ2v) is 3.53. The van der Waals surface area contributed by atoms with Crippen molar-refractivity contribution < 1.29 is 4.74 Å². The zero-order chi connectivity index (χ0) is 9.54. The second-order valence-electron chi connectivity index (χ2n) is 3.53. The maximum atomic E-state index is 5.80. The van der Waals surface area contributed by atoms with E-state index in [4.69, 9.17) is 4.74 Å². The van der Waals surface area contributed by atoms with E-state index in [-0.39, 0.29) is 6.10 Å². The van der Waals surface area contributed by atoms with E-state index in [0.29, 0.717) is 0 Å². The van der Waals surface area contributed by atoms with Gasteiger partial charge in [0.2, 0.25) is 0 Å². The molecule has 2 heterocycles. The molecule has 2 nitrogen and oxygen atoms in total. The smallest absolute Gasteiger partial charge is 0.144 e. The first kappa shape index (κ1) is 7.68. The van der Waals surface area contributed by atoms with Crippen LogP contribution < -0.4 is 4.74 Å². The van der Waals surface area contributed by atoms with Crippen LogP contribution in [0.3, 0.4) is 0 Å². The van der Waals surface area contributed by atoms with E-state index < -0.39 is 0 Å². The highest BCUT2D eigenvalue weighted by Gasteiger charge is 2.20. The van der Waals surface area contributed by atoms with Gasteiger partial charge in [0.1, 0.15) is 11.9 Å². The van der Waals surface area contributed by atoms with Crippen LogP contribution in [0.2, 0.25) is 0 Å². The van der Waals surface area contributed by atoms with Crippen LogP contribution in [0.15, 0.2) is 42.6 Å². The summed E-state index contributed by atoms with van der Waals surface area (Å²) >= 11 is 0. The quantitative estimate of drug-likeness (QED) is 0.615. The highest BCUT2D eigenvalue weighted by atomic mass is 16.5. The maximum absolute atomic E-state index is 5.80. The van der Waals surface area contributed by atoms with Gasteiger partial charge in [-0.2, -0.15) is 0 Å². The molecule has 0 bridgehead atoms. The number of fused-ring (bicyclic) bond motifs is 3. The van der Waals surface area contributed by atoms with E-state index in [0.717, 1.165) is 11.4 Å². The van der Waals surface area contributed by atoms with E-state index in [1.165, 1.54) is 5.69 Å². The van der Waals surface area contributed by atoms with Gasteiger partial charge in [-0.05, 0) is 31.2 Å². The predicted octanol–water partition coefficient (Wildman–Crippen LogP) is 2.93. The summed E-state index contributed by atoms with van der Waals surface area (Å²) in [6, 6.07) is 12.3. The molecule has 2 heteroatoms. The van der Waals surface area contributed by atoms with Crippen molar-refractivity contribution in [3.05, 3.63) is 48.3 Å². The molecule has 1 aliphatic heterocycles. The lowest BCUT2D eigenvalue weighted by atomic mass is 10.2. The maximum Gasteiger partial charge on any atom is 0.144 e. The SMILES string of the molecule is CC1Oc2ccccc2-n2cccc21. The molecular weight excluding hydrogens is 174 g/mol. The molecule has 0 amide bonds. The molecule has 1 aromatic carbocycles. The van der Waals surface area contributed by atoms with Crippen LogP contribution in [0.25, 0.3) is 5.69 Å². The third-order valence-corrected chi connectivity index (χ3v) is 2.63. The van der Waals surface area contributed by atoms with Crippen LogP contribution >= 0.6 is 0 Å². The molecule has 0 aliphatic carbocycles. The molecule has 1 aromatic heterocycles. The fraction of sp³-hybridized carbons (Fsp3) is 0.167. The molecular formula is C12H11NO. The van der Waals surface area contributed by atoms with E-state index >= 15 is 0 Å². The molecule has 0 radical (unpaired) electrons. The van der Waals surface area contributed by atoms with E-state index in [1.807, 2.05) is 18.2 Å². The Bertz CT molecular complexity index is 473. The molecule has 2 aromatic rings. The molecule has 14 heavy (non-hydrogen) atoms. The molecule has 0 saturated heterocycles. The van der Waals surface area contributed by atoms with Gasteiger partial charge >= 0.3 is 0 Å². The number of aromatic nitrogens is 1. The summed E-state index contributed by atoms with van der Waals surface area (Å²) in [5, 5.41) is 0. The van der Waals surface area contributed by atoms with Crippen LogP contribution in [-0.2, 0) is 0 Å².